The number of hydrogen-bond acceptors (Lipinski definition) is 5. The number of aryl methyl sites for hydroxylation is 1. The Balaban J connectivity index is 3.47. The van der Waals surface area contributed by atoms with E-state index in [1.54, 1.807) is 20.8 Å². The largest absolute Gasteiger partial charge is 0.444 e. The van der Waals surface area contributed by atoms with Crippen LogP contribution in [0.15, 0.2) is 24.3 Å². The Morgan fingerprint density at radius 1 is 1.03 bits per heavy atom. The predicted molar refractivity (Wildman–Crippen MR) is 131 cm³/mol. The molecule has 0 aliphatic heterocycles. The molecule has 0 fully saturated rings. The lowest BCUT2D eigenvalue weighted by Gasteiger charge is -2.43. The number of nitrogens with one attached hydrogen (secondary N) is 2. The van der Waals surface area contributed by atoms with Crippen LogP contribution < -0.4 is 10.6 Å². The van der Waals surface area contributed by atoms with Gasteiger partial charge in [-0.1, -0.05) is 24.3 Å². The molecule has 0 saturated carbocycles. The minimum absolute atomic E-state index is 0.0525. The number of ether oxygens (including phenoxy) is 1. The van der Waals surface area contributed by atoms with Crippen LogP contribution in [0.4, 0.5) is 4.79 Å². The number of thiol groups is 1. The molecule has 32 heavy (non-hydrogen) atoms. The summed E-state index contributed by atoms with van der Waals surface area (Å²) in [6, 6.07) is 5.54. The number of benzene rings is 1. The van der Waals surface area contributed by atoms with Crippen molar-refractivity contribution in [3.05, 3.63) is 35.4 Å². The van der Waals surface area contributed by atoms with Gasteiger partial charge in [-0.2, -0.15) is 12.6 Å². The van der Waals surface area contributed by atoms with Crippen LogP contribution >= 0.6 is 12.6 Å². The second-order valence-corrected chi connectivity index (χ2v) is 10.5. The lowest BCUT2D eigenvalue weighted by Crippen LogP contribution is -2.59. The molecule has 0 heterocycles. The second kappa shape index (κ2) is 11.1. The molecule has 7 nitrogen and oxygen atoms in total. The first-order valence-corrected chi connectivity index (χ1v) is 11.5. The van der Waals surface area contributed by atoms with E-state index in [1.807, 2.05) is 65.8 Å². The van der Waals surface area contributed by atoms with Gasteiger partial charge < -0.3 is 20.3 Å². The number of carbonyl (C=O) groups excluding carboxylic acids is 3. The van der Waals surface area contributed by atoms with Gasteiger partial charge in [0.05, 0.1) is 0 Å². The van der Waals surface area contributed by atoms with Gasteiger partial charge in [-0.3, -0.25) is 9.59 Å². The Hall–Kier alpha value is -2.22. The van der Waals surface area contributed by atoms with Crippen molar-refractivity contribution in [1.82, 2.24) is 15.5 Å². The molecule has 0 saturated heterocycles. The van der Waals surface area contributed by atoms with E-state index in [4.69, 9.17) is 4.74 Å². The van der Waals surface area contributed by atoms with Gasteiger partial charge in [0.15, 0.2) is 0 Å². The fourth-order valence-electron chi connectivity index (χ4n) is 3.30. The van der Waals surface area contributed by atoms with Gasteiger partial charge in [0, 0.05) is 17.3 Å². The number of amides is 3. The molecule has 1 aromatic rings. The van der Waals surface area contributed by atoms with Crippen LogP contribution in [-0.2, 0) is 14.3 Å². The van der Waals surface area contributed by atoms with Crippen LogP contribution in [0, 0.1) is 6.92 Å². The predicted octanol–water partition coefficient (Wildman–Crippen LogP) is 4.01. The van der Waals surface area contributed by atoms with E-state index in [2.05, 4.69) is 23.3 Å². The van der Waals surface area contributed by atoms with Gasteiger partial charge in [0.2, 0.25) is 11.8 Å². The van der Waals surface area contributed by atoms with Crippen molar-refractivity contribution in [3.8, 4) is 0 Å². The Morgan fingerprint density at radius 2 is 1.59 bits per heavy atom. The van der Waals surface area contributed by atoms with Gasteiger partial charge in [0.25, 0.3) is 0 Å². The number of alkyl carbamates (subject to hydrolysis) is 1. The lowest BCUT2D eigenvalue weighted by molar-refractivity contribution is -0.148. The topological polar surface area (TPSA) is 87.7 Å². The monoisotopic (exact) mass is 465 g/mol. The molecular formula is C24H39N3O4S. The van der Waals surface area contributed by atoms with E-state index < -0.39 is 35.2 Å². The highest BCUT2D eigenvalue weighted by atomic mass is 32.1. The minimum atomic E-state index is -0.967. The summed E-state index contributed by atoms with van der Waals surface area (Å²) in [5, 5.41) is 5.56. The Bertz CT molecular complexity index is 812. The molecule has 0 aliphatic rings. The summed E-state index contributed by atoms with van der Waals surface area (Å²) in [5.41, 5.74) is 0.179. The molecular weight excluding hydrogens is 426 g/mol. The summed E-state index contributed by atoms with van der Waals surface area (Å²) in [6.07, 6.45) is -0.710. The van der Waals surface area contributed by atoms with Crippen molar-refractivity contribution in [2.45, 2.75) is 91.6 Å². The second-order valence-electron chi connectivity index (χ2n) is 10.2. The van der Waals surface area contributed by atoms with Crippen molar-refractivity contribution in [2.75, 3.05) is 5.75 Å². The molecule has 0 radical (unpaired) electrons. The molecule has 3 amide bonds. The highest BCUT2D eigenvalue weighted by Crippen LogP contribution is 2.32. The van der Waals surface area contributed by atoms with E-state index >= 15 is 0 Å². The van der Waals surface area contributed by atoms with Crippen LogP contribution in [0.5, 0.6) is 0 Å². The fraction of sp³-hybridized carbons (Fsp3) is 0.625. The number of nitrogens with zero attached hydrogens (tertiary/aromatic N) is 1. The standard InChI is InChI=1S/C24H39N3O4S/c1-15(2)25-20(28)19(17-13-11-10-12-16(17)3)27(23(4,5)6)21(29)18(14-32)26-22(30)31-24(7,8)9/h10-13,15,18-19,32H,14H2,1-9H3,(H,25,28)(H,26,30). The molecule has 0 aromatic heterocycles. The maximum atomic E-state index is 13.8. The number of hydrogen-bond donors (Lipinski definition) is 3. The van der Waals surface area contributed by atoms with Gasteiger partial charge in [0.1, 0.15) is 17.7 Å². The van der Waals surface area contributed by atoms with Crippen molar-refractivity contribution in [1.29, 1.82) is 0 Å². The van der Waals surface area contributed by atoms with E-state index in [1.165, 1.54) is 4.90 Å². The highest BCUT2D eigenvalue weighted by molar-refractivity contribution is 7.80. The molecule has 8 heteroatoms. The van der Waals surface area contributed by atoms with Crippen LogP contribution in [0.3, 0.4) is 0 Å². The molecule has 1 rings (SSSR count). The third-order valence-electron chi connectivity index (χ3n) is 4.55. The SMILES string of the molecule is Cc1ccccc1C(C(=O)NC(C)C)N(C(=O)C(CS)NC(=O)OC(C)(C)C)C(C)(C)C. The molecule has 1 aromatic carbocycles. The highest BCUT2D eigenvalue weighted by Gasteiger charge is 2.42. The quantitative estimate of drug-likeness (QED) is 0.531. The van der Waals surface area contributed by atoms with Gasteiger partial charge >= 0.3 is 6.09 Å². The van der Waals surface area contributed by atoms with E-state index in [0.717, 1.165) is 11.1 Å². The average molecular weight is 466 g/mol. The molecule has 180 valence electrons. The number of rotatable bonds is 7. The summed E-state index contributed by atoms with van der Waals surface area (Å²) in [7, 11) is 0. The summed E-state index contributed by atoms with van der Waals surface area (Å²) in [6.45, 7) is 16.5. The molecule has 0 bridgehead atoms. The first-order chi connectivity index (χ1) is 14.6. The van der Waals surface area contributed by atoms with Crippen LogP contribution in [0.1, 0.15) is 72.6 Å². The Kier molecular flexibility index (Phi) is 9.63. The van der Waals surface area contributed by atoms with Crippen molar-refractivity contribution in [2.24, 2.45) is 0 Å². The van der Waals surface area contributed by atoms with Crippen molar-refractivity contribution < 1.29 is 19.1 Å². The van der Waals surface area contributed by atoms with Crippen molar-refractivity contribution >= 4 is 30.5 Å². The first-order valence-electron chi connectivity index (χ1n) is 10.9. The maximum absolute atomic E-state index is 13.8. The van der Waals surface area contributed by atoms with Crippen LogP contribution in [0.25, 0.3) is 0 Å². The third-order valence-corrected chi connectivity index (χ3v) is 4.92. The molecule has 2 atom stereocenters. The zero-order chi connectivity index (χ0) is 24.9. The normalized spacial score (nSPS) is 13.8. The smallest absolute Gasteiger partial charge is 0.408 e. The zero-order valence-corrected chi connectivity index (χ0v) is 21.7. The van der Waals surface area contributed by atoms with Crippen LogP contribution in [0.2, 0.25) is 0 Å². The maximum Gasteiger partial charge on any atom is 0.408 e. The van der Waals surface area contributed by atoms with E-state index in [9.17, 15) is 14.4 Å². The average Bonchev–Trinajstić information content (AvgIpc) is 2.61. The van der Waals surface area contributed by atoms with Gasteiger partial charge in [-0.25, -0.2) is 4.79 Å². The Labute approximate surface area is 198 Å². The van der Waals surface area contributed by atoms with E-state index in [-0.39, 0.29) is 17.7 Å². The lowest BCUT2D eigenvalue weighted by atomic mass is 9.93. The summed E-state index contributed by atoms with van der Waals surface area (Å²) >= 11 is 4.30. The third kappa shape index (κ3) is 8.04. The zero-order valence-electron chi connectivity index (χ0n) is 20.8. The molecule has 0 aliphatic carbocycles. The minimum Gasteiger partial charge on any atom is -0.444 e. The van der Waals surface area contributed by atoms with E-state index in [0.29, 0.717) is 0 Å². The van der Waals surface area contributed by atoms with Crippen LogP contribution in [-0.4, -0.2) is 51.8 Å². The molecule has 2 unspecified atom stereocenters. The van der Waals surface area contributed by atoms with Gasteiger partial charge in [-0.05, 0) is 73.4 Å². The molecule has 2 N–H and O–H groups in total. The number of carbonyl (C=O) groups is 3. The van der Waals surface area contributed by atoms with Gasteiger partial charge in [-0.15, -0.1) is 0 Å². The summed E-state index contributed by atoms with van der Waals surface area (Å²) in [5.74, 6) is -0.644. The summed E-state index contributed by atoms with van der Waals surface area (Å²) < 4.78 is 5.32. The summed E-state index contributed by atoms with van der Waals surface area (Å²) in [4.78, 5) is 41.0. The van der Waals surface area contributed by atoms with Crippen molar-refractivity contribution in [3.63, 3.8) is 0 Å². The Morgan fingerprint density at radius 3 is 2.03 bits per heavy atom. The first kappa shape index (κ1) is 27.8. The molecule has 0 spiro atoms. The fourth-order valence-corrected chi connectivity index (χ4v) is 3.55.